The van der Waals surface area contributed by atoms with Gasteiger partial charge in [0.05, 0.1) is 23.9 Å². The van der Waals surface area contributed by atoms with E-state index in [0.29, 0.717) is 15.9 Å². The largest absolute Gasteiger partial charge is 0.497 e. The maximum atomic E-state index is 12.2. The lowest BCUT2D eigenvalue weighted by Crippen LogP contribution is -2.23. The minimum absolute atomic E-state index is 0.228. The van der Waals surface area contributed by atoms with Crippen LogP contribution in [-0.2, 0) is 0 Å². The van der Waals surface area contributed by atoms with Crippen molar-refractivity contribution >= 4 is 58.4 Å². The summed E-state index contributed by atoms with van der Waals surface area (Å²) in [4.78, 5) is 12.2. The van der Waals surface area contributed by atoms with Crippen LogP contribution in [0.5, 0.6) is 11.5 Å². The maximum absolute atomic E-state index is 12.2. The van der Waals surface area contributed by atoms with Crippen molar-refractivity contribution in [3.05, 3.63) is 87.9 Å². The van der Waals surface area contributed by atoms with E-state index in [2.05, 4.69) is 15.8 Å². The van der Waals surface area contributed by atoms with Crippen LogP contribution in [0.2, 0.25) is 10.0 Å². The van der Waals surface area contributed by atoms with Crippen molar-refractivity contribution in [1.82, 2.24) is 5.43 Å². The van der Waals surface area contributed by atoms with Gasteiger partial charge < -0.3 is 14.8 Å². The molecule has 2 N–H and O–H groups in total. The van der Waals surface area contributed by atoms with E-state index in [0.717, 1.165) is 17.0 Å². The van der Waals surface area contributed by atoms with Crippen LogP contribution in [0.25, 0.3) is 0 Å². The van der Waals surface area contributed by atoms with Gasteiger partial charge in [-0.15, -0.1) is 0 Å². The van der Waals surface area contributed by atoms with Gasteiger partial charge in [0.2, 0.25) is 0 Å². The monoisotopic (exact) mass is 473 g/mol. The van der Waals surface area contributed by atoms with Gasteiger partial charge >= 0.3 is 5.97 Å². The first-order valence-corrected chi connectivity index (χ1v) is 10.1. The number of hydrogen-bond acceptors (Lipinski definition) is 5. The van der Waals surface area contributed by atoms with E-state index in [4.69, 9.17) is 44.9 Å². The number of ether oxygens (including phenoxy) is 2. The van der Waals surface area contributed by atoms with E-state index < -0.39 is 5.97 Å². The number of carbonyl (C=O) groups is 1. The molecule has 0 radical (unpaired) electrons. The fourth-order valence-corrected chi connectivity index (χ4v) is 3.09. The summed E-state index contributed by atoms with van der Waals surface area (Å²) in [5.41, 5.74) is 4.56. The van der Waals surface area contributed by atoms with Gasteiger partial charge in [0.15, 0.2) is 5.11 Å². The van der Waals surface area contributed by atoms with Crippen LogP contribution in [-0.4, -0.2) is 24.4 Å². The molecular formula is C22H17Cl2N3O3S. The Balaban J connectivity index is 1.51. The average Bonchev–Trinajstić information content (AvgIpc) is 2.75. The quantitative estimate of drug-likeness (QED) is 0.161. The Labute approximate surface area is 194 Å². The van der Waals surface area contributed by atoms with Crippen molar-refractivity contribution in [3.63, 3.8) is 0 Å². The first kappa shape index (κ1) is 22.6. The molecule has 0 atom stereocenters. The Hall–Kier alpha value is -3.13. The van der Waals surface area contributed by atoms with Gasteiger partial charge in [-0.3, -0.25) is 5.43 Å². The molecule has 0 fully saturated rings. The lowest BCUT2D eigenvalue weighted by molar-refractivity contribution is 0.0735. The lowest BCUT2D eigenvalue weighted by atomic mass is 10.2. The van der Waals surface area contributed by atoms with E-state index in [1.54, 1.807) is 43.7 Å². The molecule has 3 aromatic carbocycles. The molecule has 0 heterocycles. The molecule has 0 saturated heterocycles. The van der Waals surface area contributed by atoms with Crippen LogP contribution in [0, 0.1) is 0 Å². The Bertz CT molecular complexity index is 1100. The first-order chi connectivity index (χ1) is 14.9. The SMILES string of the molecule is COc1ccc(NC(=S)N/N=C/c2ccc(OC(=O)c3ccc(Cl)cc3Cl)cc2)cc1. The van der Waals surface area contributed by atoms with Crippen molar-refractivity contribution in [2.24, 2.45) is 5.10 Å². The van der Waals surface area contributed by atoms with Crippen LogP contribution in [0.15, 0.2) is 71.8 Å². The molecule has 31 heavy (non-hydrogen) atoms. The van der Waals surface area contributed by atoms with Crippen molar-refractivity contribution in [3.8, 4) is 11.5 Å². The molecule has 0 aliphatic rings. The highest BCUT2D eigenvalue weighted by Gasteiger charge is 2.13. The van der Waals surface area contributed by atoms with E-state index in [1.807, 2.05) is 24.3 Å². The summed E-state index contributed by atoms with van der Waals surface area (Å²) in [6, 6.07) is 18.7. The molecule has 3 aromatic rings. The fourth-order valence-electron chi connectivity index (χ4n) is 2.44. The number of methoxy groups -OCH3 is 1. The predicted octanol–water partition coefficient (Wildman–Crippen LogP) is 5.54. The van der Waals surface area contributed by atoms with Gasteiger partial charge in [0.25, 0.3) is 0 Å². The fraction of sp³-hybridized carbons (Fsp3) is 0.0455. The summed E-state index contributed by atoms with van der Waals surface area (Å²) in [5, 5.41) is 8.11. The number of anilines is 1. The lowest BCUT2D eigenvalue weighted by Gasteiger charge is -2.08. The highest BCUT2D eigenvalue weighted by molar-refractivity contribution is 7.80. The number of rotatable bonds is 6. The number of halogens is 2. The molecule has 0 saturated carbocycles. The maximum Gasteiger partial charge on any atom is 0.345 e. The molecule has 0 aliphatic heterocycles. The normalized spacial score (nSPS) is 10.5. The summed E-state index contributed by atoms with van der Waals surface area (Å²) in [5.74, 6) is 0.561. The third-order valence-corrected chi connectivity index (χ3v) is 4.71. The van der Waals surface area contributed by atoms with Gasteiger partial charge in [-0.25, -0.2) is 4.79 Å². The molecule has 3 rings (SSSR count). The van der Waals surface area contributed by atoms with Crippen molar-refractivity contribution < 1.29 is 14.3 Å². The zero-order valence-corrected chi connectivity index (χ0v) is 18.6. The summed E-state index contributed by atoms with van der Waals surface area (Å²) >= 11 is 17.1. The Kier molecular flexibility index (Phi) is 7.83. The van der Waals surface area contributed by atoms with Crippen LogP contribution >= 0.6 is 35.4 Å². The van der Waals surface area contributed by atoms with Crippen LogP contribution in [0.4, 0.5) is 5.69 Å². The van der Waals surface area contributed by atoms with E-state index in [1.165, 1.54) is 12.1 Å². The standard InChI is InChI=1S/C22H17Cl2N3O3S/c1-29-17-9-5-16(6-10-17)26-22(31)27-25-13-14-2-7-18(8-3-14)30-21(28)19-11-4-15(23)12-20(19)24/h2-13H,1H3,(H2,26,27,31)/b25-13+. The molecule has 6 nitrogen and oxygen atoms in total. The number of benzene rings is 3. The number of hydrogen-bond donors (Lipinski definition) is 2. The Morgan fingerprint density at radius 2 is 1.68 bits per heavy atom. The number of hydrazone groups is 1. The zero-order valence-electron chi connectivity index (χ0n) is 16.3. The van der Waals surface area contributed by atoms with Gasteiger partial charge in [0.1, 0.15) is 11.5 Å². The van der Waals surface area contributed by atoms with Gasteiger partial charge in [0, 0.05) is 10.7 Å². The Morgan fingerprint density at radius 3 is 2.32 bits per heavy atom. The number of esters is 1. The average molecular weight is 474 g/mol. The van der Waals surface area contributed by atoms with Gasteiger partial charge in [-0.2, -0.15) is 5.10 Å². The number of nitrogens with one attached hydrogen (secondary N) is 2. The minimum Gasteiger partial charge on any atom is -0.497 e. The van der Waals surface area contributed by atoms with E-state index >= 15 is 0 Å². The minimum atomic E-state index is -0.570. The van der Waals surface area contributed by atoms with E-state index in [9.17, 15) is 4.79 Å². The molecule has 9 heteroatoms. The van der Waals surface area contributed by atoms with Crippen LogP contribution in [0.1, 0.15) is 15.9 Å². The second-order valence-electron chi connectivity index (χ2n) is 6.14. The van der Waals surface area contributed by atoms with Crippen LogP contribution in [0.3, 0.4) is 0 Å². The predicted molar refractivity (Wildman–Crippen MR) is 128 cm³/mol. The molecule has 0 bridgehead atoms. The van der Waals surface area contributed by atoms with Crippen molar-refractivity contribution in [2.75, 3.05) is 12.4 Å². The first-order valence-electron chi connectivity index (χ1n) is 8.96. The molecule has 0 amide bonds. The topological polar surface area (TPSA) is 71.9 Å². The third-order valence-electron chi connectivity index (χ3n) is 3.97. The number of nitrogens with zero attached hydrogens (tertiary/aromatic N) is 1. The summed E-state index contributed by atoms with van der Waals surface area (Å²) in [6.45, 7) is 0. The number of carbonyl (C=O) groups excluding carboxylic acids is 1. The second kappa shape index (κ2) is 10.8. The molecule has 158 valence electrons. The highest BCUT2D eigenvalue weighted by atomic mass is 35.5. The summed E-state index contributed by atoms with van der Waals surface area (Å²) in [7, 11) is 1.61. The van der Waals surface area contributed by atoms with Gasteiger partial charge in [-0.1, -0.05) is 23.2 Å². The van der Waals surface area contributed by atoms with Crippen molar-refractivity contribution in [1.29, 1.82) is 0 Å². The number of thiocarbonyl (C=S) groups is 1. The third kappa shape index (κ3) is 6.68. The summed E-state index contributed by atoms with van der Waals surface area (Å²) < 4.78 is 10.4. The second-order valence-corrected chi connectivity index (χ2v) is 7.39. The molecular weight excluding hydrogens is 457 g/mol. The molecule has 0 aromatic heterocycles. The Morgan fingerprint density at radius 1 is 1.00 bits per heavy atom. The highest BCUT2D eigenvalue weighted by Crippen LogP contribution is 2.23. The smallest absolute Gasteiger partial charge is 0.345 e. The molecule has 0 unspecified atom stereocenters. The molecule has 0 aliphatic carbocycles. The molecule has 0 spiro atoms. The van der Waals surface area contributed by atoms with E-state index in [-0.39, 0.29) is 10.6 Å². The summed E-state index contributed by atoms with van der Waals surface area (Å²) in [6.07, 6.45) is 1.59. The van der Waals surface area contributed by atoms with Gasteiger partial charge in [-0.05, 0) is 84.5 Å². The van der Waals surface area contributed by atoms with Crippen molar-refractivity contribution in [2.45, 2.75) is 0 Å². The van der Waals surface area contributed by atoms with Crippen LogP contribution < -0.4 is 20.2 Å². The zero-order chi connectivity index (χ0) is 22.2.